The number of nitrogens with one attached hydrogen (secondary N) is 1. The Morgan fingerprint density at radius 2 is 2.07 bits per heavy atom. The Balaban J connectivity index is 1.32. The molecule has 0 bridgehead atoms. The van der Waals surface area contributed by atoms with Crippen molar-refractivity contribution in [2.45, 2.75) is 18.6 Å². The molecule has 9 heteroatoms. The Morgan fingerprint density at radius 1 is 1.21 bits per heavy atom. The molecule has 28 heavy (non-hydrogen) atoms. The van der Waals surface area contributed by atoms with Gasteiger partial charge in [0.15, 0.2) is 10.9 Å². The van der Waals surface area contributed by atoms with Crippen molar-refractivity contribution < 1.29 is 13.6 Å². The number of nitrogens with zero attached hydrogens (tertiary/aromatic N) is 3. The molecule has 0 saturated carbocycles. The summed E-state index contributed by atoms with van der Waals surface area (Å²) < 4.78 is 10.7. The minimum atomic E-state index is -0.190. The van der Waals surface area contributed by atoms with Gasteiger partial charge in [0.25, 0.3) is 11.1 Å². The van der Waals surface area contributed by atoms with Gasteiger partial charge in [-0.2, -0.15) is 0 Å². The molecule has 142 valence electrons. The lowest BCUT2D eigenvalue weighted by atomic mass is 10.1. The van der Waals surface area contributed by atoms with Crippen LogP contribution in [0.4, 0.5) is 5.13 Å². The second-order valence-corrected chi connectivity index (χ2v) is 7.56. The van der Waals surface area contributed by atoms with Crippen LogP contribution < -0.4 is 5.32 Å². The van der Waals surface area contributed by atoms with Gasteiger partial charge in [-0.15, -0.1) is 21.5 Å². The number of carbonyl (C=O) groups is 1. The van der Waals surface area contributed by atoms with E-state index in [2.05, 4.69) is 39.6 Å². The van der Waals surface area contributed by atoms with Gasteiger partial charge in [0.05, 0.1) is 17.7 Å². The third kappa shape index (κ3) is 4.32. The molecule has 4 rings (SSSR count). The molecule has 0 atom stereocenters. The average Bonchev–Trinajstić information content (AvgIpc) is 3.47. The lowest BCUT2D eigenvalue weighted by Gasteiger charge is -2.00. The smallest absolute Gasteiger partial charge is 0.284 e. The van der Waals surface area contributed by atoms with Crippen LogP contribution in [0, 0.1) is 0 Å². The van der Waals surface area contributed by atoms with Crippen molar-refractivity contribution in [3.63, 3.8) is 0 Å². The molecule has 0 aliphatic heterocycles. The van der Waals surface area contributed by atoms with Crippen LogP contribution in [-0.2, 0) is 11.2 Å². The summed E-state index contributed by atoms with van der Waals surface area (Å²) in [6.45, 7) is 2.12. The van der Waals surface area contributed by atoms with Crippen LogP contribution in [0.25, 0.3) is 22.9 Å². The molecule has 3 aromatic heterocycles. The minimum Gasteiger partial charge on any atom is -0.459 e. The monoisotopic (exact) mass is 412 g/mol. The van der Waals surface area contributed by atoms with Crippen LogP contribution in [0.1, 0.15) is 12.5 Å². The predicted molar refractivity (Wildman–Crippen MR) is 108 cm³/mol. The van der Waals surface area contributed by atoms with Crippen LogP contribution in [0.5, 0.6) is 0 Å². The SMILES string of the molecule is CCc1ccc(-c2csc(NC(=O)CSc3nnc(-c4ccco4)o3)n2)cc1. The largest absolute Gasteiger partial charge is 0.459 e. The van der Waals surface area contributed by atoms with Crippen LogP contribution in [0.2, 0.25) is 0 Å². The normalized spacial score (nSPS) is 10.9. The number of thioether (sulfide) groups is 1. The highest BCUT2D eigenvalue weighted by Gasteiger charge is 2.14. The van der Waals surface area contributed by atoms with E-state index in [1.165, 1.54) is 23.2 Å². The molecule has 0 aliphatic rings. The minimum absolute atomic E-state index is 0.139. The molecule has 0 fully saturated rings. The van der Waals surface area contributed by atoms with Crippen molar-refractivity contribution in [3.8, 4) is 22.9 Å². The summed E-state index contributed by atoms with van der Waals surface area (Å²) >= 11 is 2.55. The molecule has 1 amide bonds. The first kappa shape index (κ1) is 18.5. The maximum atomic E-state index is 12.2. The highest BCUT2D eigenvalue weighted by molar-refractivity contribution is 7.99. The van der Waals surface area contributed by atoms with E-state index in [0.29, 0.717) is 16.1 Å². The van der Waals surface area contributed by atoms with Gasteiger partial charge < -0.3 is 14.2 Å². The zero-order valence-corrected chi connectivity index (χ0v) is 16.5. The highest BCUT2D eigenvalue weighted by Crippen LogP contribution is 2.26. The van der Waals surface area contributed by atoms with E-state index in [1.54, 1.807) is 12.1 Å². The first-order valence-corrected chi connectivity index (χ1v) is 10.4. The zero-order chi connectivity index (χ0) is 19.3. The number of anilines is 1. The van der Waals surface area contributed by atoms with E-state index < -0.39 is 0 Å². The number of thiazole rings is 1. The third-order valence-electron chi connectivity index (χ3n) is 3.87. The van der Waals surface area contributed by atoms with E-state index >= 15 is 0 Å². The Hall–Kier alpha value is -2.91. The van der Waals surface area contributed by atoms with E-state index in [4.69, 9.17) is 8.83 Å². The second kappa shape index (κ2) is 8.41. The predicted octanol–water partition coefficient (Wildman–Crippen LogP) is 4.75. The molecule has 1 N–H and O–H groups in total. The molecule has 0 radical (unpaired) electrons. The van der Waals surface area contributed by atoms with Crippen molar-refractivity contribution in [1.29, 1.82) is 0 Å². The molecule has 3 heterocycles. The van der Waals surface area contributed by atoms with Crippen molar-refractivity contribution in [1.82, 2.24) is 15.2 Å². The fourth-order valence-corrected chi connectivity index (χ4v) is 3.72. The van der Waals surface area contributed by atoms with E-state index in [0.717, 1.165) is 29.4 Å². The van der Waals surface area contributed by atoms with E-state index in [1.807, 2.05) is 17.5 Å². The Morgan fingerprint density at radius 3 is 2.82 bits per heavy atom. The van der Waals surface area contributed by atoms with Gasteiger partial charge in [0.1, 0.15) is 0 Å². The summed E-state index contributed by atoms with van der Waals surface area (Å²) in [6.07, 6.45) is 2.53. The number of hydrogen-bond donors (Lipinski definition) is 1. The Bertz CT molecular complexity index is 1060. The van der Waals surface area contributed by atoms with Crippen LogP contribution in [0.15, 0.2) is 62.1 Å². The average molecular weight is 412 g/mol. The Kier molecular flexibility index (Phi) is 5.54. The number of rotatable bonds is 7. The van der Waals surface area contributed by atoms with Crippen molar-refractivity contribution >= 4 is 34.1 Å². The fraction of sp³-hybridized carbons (Fsp3) is 0.158. The van der Waals surface area contributed by atoms with Gasteiger partial charge in [0.2, 0.25) is 5.91 Å². The molecule has 0 aliphatic carbocycles. The first-order valence-electron chi connectivity index (χ1n) is 8.56. The topological polar surface area (TPSA) is 94.1 Å². The maximum absolute atomic E-state index is 12.2. The fourth-order valence-electron chi connectivity index (χ4n) is 2.43. The lowest BCUT2D eigenvalue weighted by Crippen LogP contribution is -2.13. The summed E-state index contributed by atoms with van der Waals surface area (Å²) in [6, 6.07) is 11.7. The van der Waals surface area contributed by atoms with Crippen molar-refractivity contribution in [2.75, 3.05) is 11.1 Å². The number of carbonyl (C=O) groups excluding carboxylic acids is 1. The van der Waals surface area contributed by atoms with Gasteiger partial charge in [-0.3, -0.25) is 4.79 Å². The van der Waals surface area contributed by atoms with Gasteiger partial charge in [-0.25, -0.2) is 4.98 Å². The summed E-state index contributed by atoms with van der Waals surface area (Å²) in [7, 11) is 0. The molecule has 0 saturated heterocycles. The lowest BCUT2D eigenvalue weighted by molar-refractivity contribution is -0.113. The zero-order valence-electron chi connectivity index (χ0n) is 14.9. The maximum Gasteiger partial charge on any atom is 0.284 e. The number of aryl methyl sites for hydroxylation is 1. The molecule has 7 nitrogen and oxygen atoms in total. The third-order valence-corrected chi connectivity index (χ3v) is 5.45. The number of hydrogen-bond acceptors (Lipinski definition) is 8. The van der Waals surface area contributed by atoms with Crippen molar-refractivity contribution in [3.05, 3.63) is 53.6 Å². The molecular weight excluding hydrogens is 396 g/mol. The van der Waals surface area contributed by atoms with Crippen LogP contribution in [-0.4, -0.2) is 26.8 Å². The number of amides is 1. The Labute approximate surface area is 169 Å². The summed E-state index contributed by atoms with van der Waals surface area (Å²) in [5.74, 6) is 0.725. The number of furan rings is 1. The number of aromatic nitrogens is 3. The number of benzene rings is 1. The highest BCUT2D eigenvalue weighted by atomic mass is 32.2. The second-order valence-electron chi connectivity index (χ2n) is 5.78. The summed E-state index contributed by atoms with van der Waals surface area (Å²) in [4.78, 5) is 16.7. The van der Waals surface area contributed by atoms with Gasteiger partial charge in [0, 0.05) is 10.9 Å². The summed E-state index contributed by atoms with van der Waals surface area (Å²) in [5, 5.41) is 13.4. The van der Waals surface area contributed by atoms with Gasteiger partial charge in [-0.05, 0) is 24.1 Å². The quantitative estimate of drug-likeness (QED) is 0.438. The van der Waals surface area contributed by atoms with E-state index in [9.17, 15) is 4.79 Å². The standard InChI is InChI=1S/C19H16N4O3S2/c1-2-12-5-7-13(8-6-12)14-10-27-18(20-14)21-16(24)11-28-19-23-22-17(26-19)15-4-3-9-25-15/h3-10H,2,11H2,1H3,(H,20,21,24). The summed E-state index contributed by atoms with van der Waals surface area (Å²) in [5.41, 5.74) is 3.15. The molecular formula is C19H16N4O3S2. The first-order chi connectivity index (χ1) is 13.7. The van der Waals surface area contributed by atoms with E-state index in [-0.39, 0.29) is 17.6 Å². The van der Waals surface area contributed by atoms with Crippen LogP contribution >= 0.6 is 23.1 Å². The van der Waals surface area contributed by atoms with Crippen LogP contribution in [0.3, 0.4) is 0 Å². The molecule has 0 unspecified atom stereocenters. The molecule has 0 spiro atoms. The van der Waals surface area contributed by atoms with Crippen molar-refractivity contribution in [2.24, 2.45) is 0 Å². The van der Waals surface area contributed by atoms with Gasteiger partial charge >= 0.3 is 0 Å². The van der Waals surface area contributed by atoms with Gasteiger partial charge in [-0.1, -0.05) is 43.0 Å². The molecule has 1 aromatic carbocycles. The molecule has 4 aromatic rings.